The summed E-state index contributed by atoms with van der Waals surface area (Å²) < 4.78 is 53.4. The van der Waals surface area contributed by atoms with Crippen LogP contribution < -0.4 is 9.47 Å². The van der Waals surface area contributed by atoms with Crippen LogP contribution in [0, 0.1) is 24.4 Å². The number of halogens is 3. The minimum absolute atomic E-state index is 0.101. The van der Waals surface area contributed by atoms with Crippen molar-refractivity contribution in [2.75, 3.05) is 6.61 Å². The monoisotopic (exact) mass is 412 g/mol. The average molecular weight is 412 g/mol. The Morgan fingerprint density at radius 1 is 0.900 bits per heavy atom. The molecule has 30 heavy (non-hydrogen) atoms. The van der Waals surface area contributed by atoms with Crippen molar-refractivity contribution in [1.82, 2.24) is 0 Å². The Labute approximate surface area is 174 Å². The summed E-state index contributed by atoms with van der Waals surface area (Å²) in [6.45, 7) is 5.82. The van der Waals surface area contributed by atoms with Crippen LogP contribution in [0.2, 0.25) is 0 Å². The van der Waals surface area contributed by atoms with Gasteiger partial charge in [0.2, 0.25) is 5.82 Å². The summed E-state index contributed by atoms with van der Waals surface area (Å²) in [5.41, 5.74) is 2.06. The molecule has 0 aliphatic rings. The van der Waals surface area contributed by atoms with E-state index < -0.39 is 11.6 Å². The van der Waals surface area contributed by atoms with Gasteiger partial charge in [-0.1, -0.05) is 36.4 Å². The van der Waals surface area contributed by atoms with Gasteiger partial charge in [0.05, 0.1) is 6.61 Å². The number of allylic oxidation sites excluding steroid dienone is 1. The zero-order chi connectivity index (χ0) is 21.5. The Hall–Kier alpha value is -3.21. The molecular weight excluding hydrogens is 389 g/mol. The minimum Gasteiger partial charge on any atom is -0.490 e. The lowest BCUT2D eigenvalue weighted by Crippen LogP contribution is -2.01. The van der Waals surface area contributed by atoms with Gasteiger partial charge in [-0.2, -0.15) is 4.39 Å². The van der Waals surface area contributed by atoms with E-state index >= 15 is 0 Å². The summed E-state index contributed by atoms with van der Waals surface area (Å²) in [6, 6.07) is 14.5. The van der Waals surface area contributed by atoms with E-state index in [2.05, 4.69) is 6.58 Å². The van der Waals surface area contributed by atoms with E-state index in [4.69, 9.17) is 9.47 Å². The second-order valence-corrected chi connectivity index (χ2v) is 6.92. The minimum atomic E-state index is -1.00. The third kappa shape index (κ3) is 5.23. The lowest BCUT2D eigenvalue weighted by atomic mass is 10.0. The Balaban J connectivity index is 1.67. The van der Waals surface area contributed by atoms with Gasteiger partial charge in [-0.05, 0) is 54.7 Å². The van der Waals surface area contributed by atoms with Gasteiger partial charge in [0.25, 0.3) is 0 Å². The van der Waals surface area contributed by atoms with Crippen molar-refractivity contribution in [3.05, 3.63) is 95.8 Å². The van der Waals surface area contributed by atoms with E-state index in [1.165, 1.54) is 18.2 Å². The largest absolute Gasteiger partial charge is 0.490 e. The van der Waals surface area contributed by atoms with Crippen LogP contribution in [-0.4, -0.2) is 6.61 Å². The Bertz CT molecular complexity index is 1010. The van der Waals surface area contributed by atoms with Crippen molar-refractivity contribution in [1.29, 1.82) is 0 Å². The number of hydrogen-bond acceptors (Lipinski definition) is 2. The highest BCUT2D eigenvalue weighted by atomic mass is 19.2. The number of ether oxygens (including phenoxy) is 2. The molecule has 0 atom stereocenters. The predicted octanol–water partition coefficient (Wildman–Crippen LogP) is 7.00. The Kier molecular flexibility index (Phi) is 7.17. The van der Waals surface area contributed by atoms with Crippen LogP contribution in [0.25, 0.3) is 11.1 Å². The fourth-order valence-electron chi connectivity index (χ4n) is 2.89. The molecule has 0 N–H and O–H groups in total. The first-order valence-corrected chi connectivity index (χ1v) is 9.69. The van der Waals surface area contributed by atoms with Gasteiger partial charge >= 0.3 is 0 Å². The number of hydrogen-bond donors (Lipinski definition) is 0. The number of rotatable bonds is 9. The molecule has 0 aliphatic carbocycles. The Morgan fingerprint density at radius 2 is 1.67 bits per heavy atom. The molecule has 3 aromatic rings. The fourth-order valence-corrected chi connectivity index (χ4v) is 2.89. The molecule has 3 rings (SSSR count). The molecule has 0 unspecified atom stereocenters. The van der Waals surface area contributed by atoms with E-state index in [0.29, 0.717) is 29.9 Å². The first-order valence-electron chi connectivity index (χ1n) is 9.69. The molecule has 0 spiro atoms. The van der Waals surface area contributed by atoms with Crippen molar-refractivity contribution < 1.29 is 22.6 Å². The highest BCUT2D eigenvalue weighted by molar-refractivity contribution is 5.65. The maximum Gasteiger partial charge on any atom is 0.201 e. The van der Waals surface area contributed by atoms with Crippen LogP contribution in [0.1, 0.15) is 24.0 Å². The van der Waals surface area contributed by atoms with Crippen LogP contribution in [0.3, 0.4) is 0 Å². The average Bonchev–Trinajstić information content (AvgIpc) is 2.75. The normalized spacial score (nSPS) is 10.7. The SMILES string of the molecule is C=CCCCOc1ccc(-c2ccc(COc3ccc(C)c(F)c3)cc2)c(F)c1F. The predicted molar refractivity (Wildman–Crippen MR) is 112 cm³/mol. The van der Waals surface area contributed by atoms with Crippen molar-refractivity contribution in [2.24, 2.45) is 0 Å². The van der Waals surface area contributed by atoms with Gasteiger partial charge < -0.3 is 9.47 Å². The number of unbranched alkanes of at least 4 members (excludes halogenated alkanes) is 1. The van der Waals surface area contributed by atoms with Gasteiger partial charge in [0.1, 0.15) is 18.2 Å². The maximum atomic E-state index is 14.5. The van der Waals surface area contributed by atoms with Gasteiger partial charge in [-0.3, -0.25) is 0 Å². The van der Waals surface area contributed by atoms with E-state index in [1.54, 1.807) is 49.4 Å². The number of benzene rings is 3. The van der Waals surface area contributed by atoms with Crippen LogP contribution >= 0.6 is 0 Å². The number of aryl methyl sites for hydroxylation is 1. The maximum absolute atomic E-state index is 14.5. The molecule has 0 bridgehead atoms. The quantitative estimate of drug-likeness (QED) is 0.278. The van der Waals surface area contributed by atoms with E-state index in [-0.39, 0.29) is 23.7 Å². The van der Waals surface area contributed by atoms with E-state index in [1.807, 2.05) is 0 Å². The first kappa shape index (κ1) is 21.5. The van der Waals surface area contributed by atoms with Gasteiger partial charge in [-0.15, -0.1) is 6.58 Å². The van der Waals surface area contributed by atoms with Crippen LogP contribution in [-0.2, 0) is 6.61 Å². The molecular formula is C25H23F3O2. The van der Waals surface area contributed by atoms with Gasteiger partial charge in [0.15, 0.2) is 11.6 Å². The highest BCUT2D eigenvalue weighted by Gasteiger charge is 2.16. The van der Waals surface area contributed by atoms with Crippen molar-refractivity contribution in [3.63, 3.8) is 0 Å². The summed E-state index contributed by atoms with van der Waals surface area (Å²) in [6.07, 6.45) is 3.18. The second kappa shape index (κ2) is 10.0. The van der Waals surface area contributed by atoms with Crippen molar-refractivity contribution >= 4 is 0 Å². The van der Waals surface area contributed by atoms with E-state index in [9.17, 15) is 13.2 Å². The summed E-state index contributed by atoms with van der Waals surface area (Å²) in [5, 5.41) is 0. The van der Waals surface area contributed by atoms with Gasteiger partial charge in [0, 0.05) is 11.6 Å². The lowest BCUT2D eigenvalue weighted by molar-refractivity contribution is 0.291. The molecule has 0 radical (unpaired) electrons. The molecule has 0 aliphatic heterocycles. The third-order valence-electron chi connectivity index (χ3n) is 4.67. The molecule has 2 nitrogen and oxygen atoms in total. The summed E-state index contributed by atoms with van der Waals surface area (Å²) in [4.78, 5) is 0. The molecule has 3 aromatic carbocycles. The molecule has 0 fully saturated rings. The van der Waals surface area contributed by atoms with Crippen LogP contribution in [0.5, 0.6) is 11.5 Å². The zero-order valence-corrected chi connectivity index (χ0v) is 16.8. The van der Waals surface area contributed by atoms with Crippen LogP contribution in [0.15, 0.2) is 67.3 Å². The molecule has 0 heterocycles. The third-order valence-corrected chi connectivity index (χ3v) is 4.67. The molecule has 0 saturated carbocycles. The molecule has 5 heteroatoms. The zero-order valence-electron chi connectivity index (χ0n) is 16.8. The smallest absolute Gasteiger partial charge is 0.201 e. The topological polar surface area (TPSA) is 18.5 Å². The lowest BCUT2D eigenvalue weighted by Gasteiger charge is -2.11. The first-order chi connectivity index (χ1) is 14.5. The standard InChI is InChI=1S/C25H23F3O2/c1-3-4-5-14-29-23-13-12-21(24(27)25(23)28)19-9-7-18(8-10-19)16-30-20-11-6-17(2)22(26)15-20/h3,6-13,15H,1,4-5,14,16H2,2H3. The Morgan fingerprint density at radius 3 is 2.37 bits per heavy atom. The molecule has 0 amide bonds. The van der Waals surface area contributed by atoms with Gasteiger partial charge in [-0.25, -0.2) is 8.78 Å². The fraction of sp³-hybridized carbons (Fsp3) is 0.200. The van der Waals surface area contributed by atoms with Crippen molar-refractivity contribution in [3.8, 4) is 22.6 Å². The molecule has 0 saturated heterocycles. The summed E-state index contributed by atoms with van der Waals surface area (Å²) >= 11 is 0. The van der Waals surface area contributed by atoms with Crippen molar-refractivity contribution in [2.45, 2.75) is 26.4 Å². The second-order valence-electron chi connectivity index (χ2n) is 6.92. The highest BCUT2D eigenvalue weighted by Crippen LogP contribution is 2.30. The molecule has 156 valence electrons. The molecule has 0 aromatic heterocycles. The van der Waals surface area contributed by atoms with Crippen LogP contribution in [0.4, 0.5) is 13.2 Å². The summed E-state index contributed by atoms with van der Waals surface area (Å²) in [7, 11) is 0. The summed E-state index contributed by atoms with van der Waals surface area (Å²) in [5.74, 6) is -1.95. The van der Waals surface area contributed by atoms with E-state index in [0.717, 1.165) is 12.0 Å².